The van der Waals surface area contributed by atoms with Gasteiger partial charge in [-0.3, -0.25) is 9.69 Å². The molecule has 1 aliphatic heterocycles. The zero-order valence-electron chi connectivity index (χ0n) is 16.2. The van der Waals surface area contributed by atoms with Crippen molar-refractivity contribution in [2.45, 2.75) is 32.5 Å². The minimum absolute atomic E-state index is 0.125. The molecule has 2 aromatic carbocycles. The van der Waals surface area contributed by atoms with Crippen molar-refractivity contribution in [1.29, 1.82) is 0 Å². The monoisotopic (exact) mass is 402 g/mol. The predicted octanol–water partition coefficient (Wildman–Crippen LogP) is 3.65. The Bertz CT molecular complexity index is 761. The van der Waals surface area contributed by atoms with Gasteiger partial charge in [0.1, 0.15) is 5.75 Å². The maximum atomic E-state index is 12.5. The highest BCUT2D eigenvalue weighted by atomic mass is 35.5. The Morgan fingerprint density at radius 2 is 1.89 bits per heavy atom. The quantitative estimate of drug-likeness (QED) is 0.732. The molecule has 0 unspecified atom stereocenters. The maximum absolute atomic E-state index is 12.5. The molecule has 0 radical (unpaired) electrons. The number of hydrogen-bond donors (Lipinski definition) is 1. The van der Waals surface area contributed by atoms with Crippen LogP contribution in [0.15, 0.2) is 48.5 Å². The molecule has 3 rings (SSSR count). The molecule has 1 N–H and O–H groups in total. The van der Waals surface area contributed by atoms with E-state index in [0.29, 0.717) is 23.7 Å². The first-order valence-electron chi connectivity index (χ1n) is 9.72. The Balaban J connectivity index is 1.48. The van der Waals surface area contributed by atoms with Crippen LogP contribution < -0.4 is 10.1 Å². The van der Waals surface area contributed by atoms with Gasteiger partial charge in [0, 0.05) is 31.2 Å². The number of hydrogen-bond acceptors (Lipinski definition) is 4. The topological polar surface area (TPSA) is 50.8 Å². The lowest BCUT2D eigenvalue weighted by molar-refractivity contribution is -0.128. The molecule has 5 nitrogen and oxygen atoms in total. The first-order chi connectivity index (χ1) is 13.6. The van der Waals surface area contributed by atoms with Crippen LogP contribution >= 0.6 is 11.6 Å². The smallest absolute Gasteiger partial charge is 0.261 e. The minimum Gasteiger partial charge on any atom is -0.481 e. The number of carbonyl (C=O) groups excluding carboxylic acids is 1. The Labute approximate surface area is 171 Å². The third kappa shape index (κ3) is 6.23. The van der Waals surface area contributed by atoms with Crippen molar-refractivity contribution < 1.29 is 14.3 Å². The van der Waals surface area contributed by atoms with Crippen LogP contribution in [0.1, 0.15) is 24.5 Å². The minimum atomic E-state index is -0.543. The summed E-state index contributed by atoms with van der Waals surface area (Å²) in [5.41, 5.74) is 2.34. The zero-order valence-corrected chi connectivity index (χ0v) is 17.0. The summed E-state index contributed by atoms with van der Waals surface area (Å²) in [5, 5.41) is 3.55. The van der Waals surface area contributed by atoms with Crippen LogP contribution in [0, 0.1) is 0 Å². The average molecular weight is 403 g/mol. The Hall–Kier alpha value is -2.08. The van der Waals surface area contributed by atoms with Crippen LogP contribution in [0.25, 0.3) is 0 Å². The summed E-state index contributed by atoms with van der Waals surface area (Å²) in [5.74, 6) is 0.474. The van der Waals surface area contributed by atoms with Crippen molar-refractivity contribution in [2.24, 2.45) is 0 Å². The molecule has 0 spiro atoms. The molecule has 6 heteroatoms. The summed E-state index contributed by atoms with van der Waals surface area (Å²) in [7, 11) is 0. The standard InChI is InChI=1S/C22H27ClN2O3/c1-2-21(28-20-5-3-4-19(23)14-20)22(26)24-15-17-6-8-18(9-7-17)16-25-10-12-27-13-11-25/h3-9,14,21H,2,10-13,15-16H2,1H3,(H,24,26)/t21-/m0/s1. The second-order valence-corrected chi connectivity index (χ2v) is 7.33. The highest BCUT2D eigenvalue weighted by Gasteiger charge is 2.18. The van der Waals surface area contributed by atoms with Crippen LogP contribution in [-0.2, 0) is 22.6 Å². The van der Waals surface area contributed by atoms with Gasteiger partial charge in [-0.2, -0.15) is 0 Å². The van der Waals surface area contributed by atoms with Gasteiger partial charge in [0.05, 0.1) is 13.2 Å². The number of halogens is 1. The van der Waals surface area contributed by atoms with Gasteiger partial charge < -0.3 is 14.8 Å². The van der Waals surface area contributed by atoms with E-state index in [4.69, 9.17) is 21.1 Å². The van der Waals surface area contributed by atoms with E-state index in [1.54, 1.807) is 24.3 Å². The van der Waals surface area contributed by atoms with Crippen molar-refractivity contribution in [3.8, 4) is 5.75 Å². The highest BCUT2D eigenvalue weighted by Crippen LogP contribution is 2.19. The predicted molar refractivity (Wildman–Crippen MR) is 111 cm³/mol. The van der Waals surface area contributed by atoms with Gasteiger partial charge in [-0.15, -0.1) is 0 Å². The molecule has 28 heavy (non-hydrogen) atoms. The van der Waals surface area contributed by atoms with Crippen LogP contribution in [0.4, 0.5) is 0 Å². The fraction of sp³-hybridized carbons (Fsp3) is 0.409. The molecule has 1 fully saturated rings. The van der Waals surface area contributed by atoms with E-state index >= 15 is 0 Å². The number of rotatable bonds is 8. The van der Waals surface area contributed by atoms with Gasteiger partial charge in [0.2, 0.25) is 0 Å². The van der Waals surface area contributed by atoms with Crippen LogP contribution in [0.2, 0.25) is 5.02 Å². The Morgan fingerprint density at radius 3 is 2.57 bits per heavy atom. The SMILES string of the molecule is CC[C@H](Oc1cccc(Cl)c1)C(=O)NCc1ccc(CN2CCOCC2)cc1. The van der Waals surface area contributed by atoms with Gasteiger partial charge in [-0.1, -0.05) is 48.9 Å². The lowest BCUT2D eigenvalue weighted by Gasteiger charge is -2.26. The van der Waals surface area contributed by atoms with Gasteiger partial charge in [0.15, 0.2) is 6.10 Å². The van der Waals surface area contributed by atoms with Crippen molar-refractivity contribution in [3.63, 3.8) is 0 Å². The summed E-state index contributed by atoms with van der Waals surface area (Å²) in [6.45, 7) is 6.90. The highest BCUT2D eigenvalue weighted by molar-refractivity contribution is 6.30. The maximum Gasteiger partial charge on any atom is 0.261 e. The molecule has 0 aromatic heterocycles. The molecule has 1 heterocycles. The molecular formula is C22H27ClN2O3. The van der Waals surface area contributed by atoms with Gasteiger partial charge >= 0.3 is 0 Å². The average Bonchev–Trinajstić information content (AvgIpc) is 2.72. The Kier molecular flexibility index (Phi) is 7.71. The fourth-order valence-electron chi connectivity index (χ4n) is 3.11. The van der Waals surface area contributed by atoms with Crippen molar-refractivity contribution in [2.75, 3.05) is 26.3 Å². The van der Waals surface area contributed by atoms with Crippen LogP contribution in [0.3, 0.4) is 0 Å². The van der Waals surface area contributed by atoms with Gasteiger partial charge in [0.25, 0.3) is 5.91 Å². The van der Waals surface area contributed by atoms with Crippen LogP contribution in [-0.4, -0.2) is 43.2 Å². The summed E-state index contributed by atoms with van der Waals surface area (Å²) < 4.78 is 11.2. The third-order valence-corrected chi connectivity index (χ3v) is 4.97. The molecule has 2 aromatic rings. The van der Waals surface area contributed by atoms with Crippen molar-refractivity contribution >= 4 is 17.5 Å². The summed E-state index contributed by atoms with van der Waals surface area (Å²) in [6, 6.07) is 15.5. The van der Waals surface area contributed by atoms with Crippen molar-refractivity contribution in [3.05, 3.63) is 64.7 Å². The molecule has 0 aliphatic carbocycles. The molecule has 1 saturated heterocycles. The largest absolute Gasteiger partial charge is 0.481 e. The second kappa shape index (κ2) is 10.5. The molecular weight excluding hydrogens is 376 g/mol. The zero-order chi connectivity index (χ0) is 19.8. The van der Waals surface area contributed by atoms with E-state index < -0.39 is 6.10 Å². The summed E-state index contributed by atoms with van der Waals surface area (Å²) >= 11 is 5.98. The fourth-order valence-corrected chi connectivity index (χ4v) is 3.29. The number of morpholine rings is 1. The molecule has 150 valence electrons. The van der Waals surface area contributed by atoms with E-state index in [9.17, 15) is 4.79 Å². The molecule has 1 aliphatic rings. The molecule has 1 amide bonds. The van der Waals surface area contributed by atoms with E-state index in [0.717, 1.165) is 38.4 Å². The normalized spacial score (nSPS) is 15.8. The Morgan fingerprint density at radius 1 is 1.18 bits per heavy atom. The molecule has 1 atom stereocenters. The van der Waals surface area contributed by atoms with Gasteiger partial charge in [-0.05, 0) is 35.7 Å². The van der Waals surface area contributed by atoms with E-state index in [2.05, 4.69) is 34.5 Å². The van der Waals surface area contributed by atoms with E-state index in [1.807, 2.05) is 6.92 Å². The lowest BCUT2D eigenvalue weighted by Crippen LogP contribution is -2.37. The van der Waals surface area contributed by atoms with E-state index in [1.165, 1.54) is 5.56 Å². The number of nitrogens with one attached hydrogen (secondary N) is 1. The lowest BCUT2D eigenvalue weighted by atomic mass is 10.1. The second-order valence-electron chi connectivity index (χ2n) is 6.89. The van der Waals surface area contributed by atoms with Crippen LogP contribution in [0.5, 0.6) is 5.75 Å². The van der Waals surface area contributed by atoms with Crippen molar-refractivity contribution in [1.82, 2.24) is 10.2 Å². The summed E-state index contributed by atoms with van der Waals surface area (Å²) in [6.07, 6.45) is 0.0377. The number of ether oxygens (including phenoxy) is 2. The number of benzene rings is 2. The summed E-state index contributed by atoms with van der Waals surface area (Å²) in [4.78, 5) is 14.9. The molecule has 0 saturated carbocycles. The number of amides is 1. The van der Waals surface area contributed by atoms with E-state index in [-0.39, 0.29) is 5.91 Å². The first-order valence-corrected chi connectivity index (χ1v) is 10.1. The van der Waals surface area contributed by atoms with Gasteiger partial charge in [-0.25, -0.2) is 0 Å². The number of carbonyl (C=O) groups is 1. The first kappa shape index (κ1) is 20.6. The molecule has 0 bridgehead atoms. The number of nitrogens with zero attached hydrogens (tertiary/aromatic N) is 1. The third-order valence-electron chi connectivity index (χ3n) is 4.74.